The Morgan fingerprint density at radius 2 is 2.09 bits per heavy atom. The molecule has 0 bridgehead atoms. The molecule has 0 aliphatic heterocycles. The molecule has 3 N–H and O–H groups in total. The topological polar surface area (TPSA) is 118 Å². The Morgan fingerprint density at radius 3 is 2.69 bits per heavy atom. The third-order valence-corrected chi connectivity index (χ3v) is 5.64. The van der Waals surface area contributed by atoms with Crippen molar-refractivity contribution in [1.82, 2.24) is 14.8 Å². The van der Waals surface area contributed by atoms with Gasteiger partial charge in [-0.05, 0) is 18.9 Å². The summed E-state index contributed by atoms with van der Waals surface area (Å²) in [5.41, 5.74) is -0.332. The number of hydrogen-bond donors (Lipinski definition) is 3. The predicted molar refractivity (Wildman–Crippen MR) is 122 cm³/mol. The Bertz CT molecular complexity index is 1380. The van der Waals surface area contributed by atoms with Crippen molar-refractivity contribution >= 4 is 39.9 Å². The molecule has 0 radical (unpaired) electrons. The van der Waals surface area contributed by atoms with Crippen LogP contribution in [0.15, 0.2) is 24.4 Å². The molecule has 4 rings (SSSR count). The minimum Gasteiger partial charge on any atom is -0.496 e. The zero-order valence-electron chi connectivity index (χ0n) is 21.0. The van der Waals surface area contributed by atoms with Crippen LogP contribution in [0.25, 0.3) is 10.9 Å². The Hall–Kier alpha value is -3.67. The van der Waals surface area contributed by atoms with Gasteiger partial charge in [-0.3, -0.25) is 14.3 Å². The summed E-state index contributed by atoms with van der Waals surface area (Å²) in [7, 11) is 2.69. The fraction of sp³-hybridized carbons (Fsp3) is 0.391. The van der Waals surface area contributed by atoms with Gasteiger partial charge >= 0.3 is 6.18 Å². The van der Waals surface area contributed by atoms with Gasteiger partial charge in [-0.1, -0.05) is 13.0 Å². The number of aliphatic hydroxyl groups is 1. The molecule has 2 heterocycles. The van der Waals surface area contributed by atoms with E-state index in [-0.39, 0.29) is 45.8 Å². The zero-order chi connectivity index (χ0) is 27.3. The number of aliphatic hydroxyl groups excluding tert-OH is 1. The molecule has 0 spiro atoms. The number of Topliss-reactive ketones (excluding diaryl/α,β-unsaturated/α-hetero) is 1. The number of alkyl halides is 3. The molecule has 12 heteroatoms. The largest absolute Gasteiger partial charge is 0.496 e. The lowest BCUT2D eigenvalue weighted by Gasteiger charge is -2.18. The number of hydrogen-bond acceptors (Lipinski definition) is 7. The minimum absolute atomic E-state index is 0.0145. The molecular weight excluding hydrogens is 467 g/mol. The number of benzene rings is 1. The number of ether oxygens (including phenoxy) is 1. The number of aryl methyl sites for hydroxylation is 1. The van der Waals surface area contributed by atoms with Gasteiger partial charge in [-0.15, -0.1) is 0 Å². The molecule has 1 fully saturated rings. The van der Waals surface area contributed by atoms with Crippen molar-refractivity contribution in [3.8, 4) is 5.75 Å². The number of anilines is 3. The van der Waals surface area contributed by atoms with Crippen molar-refractivity contribution in [1.29, 1.82) is 0 Å². The molecule has 1 aliphatic rings. The molecule has 3 aromatic rings. The van der Waals surface area contributed by atoms with Gasteiger partial charge in [0.25, 0.3) is 0 Å². The number of halogens is 3. The highest BCUT2D eigenvalue weighted by molar-refractivity contribution is 6.04. The van der Waals surface area contributed by atoms with Gasteiger partial charge in [0.15, 0.2) is 17.7 Å². The third-order valence-electron chi connectivity index (χ3n) is 5.64. The molecule has 1 saturated carbocycles. The van der Waals surface area contributed by atoms with E-state index in [1.807, 2.05) is 0 Å². The van der Waals surface area contributed by atoms with Crippen molar-refractivity contribution in [3.05, 3.63) is 35.5 Å². The molecule has 186 valence electrons. The molecule has 1 aliphatic carbocycles. The van der Waals surface area contributed by atoms with E-state index in [2.05, 4.69) is 20.7 Å². The second kappa shape index (κ2) is 9.17. The second-order valence-corrected chi connectivity index (χ2v) is 8.08. The van der Waals surface area contributed by atoms with Gasteiger partial charge < -0.3 is 20.5 Å². The molecule has 35 heavy (non-hydrogen) atoms. The minimum atomic E-state index is -4.96. The lowest BCUT2D eigenvalue weighted by molar-refractivity contribution is -0.207. The normalized spacial score (nSPS) is 15.9. The summed E-state index contributed by atoms with van der Waals surface area (Å²) in [6.07, 6.45) is -7.46. The number of amides is 1. The molecule has 1 atom stereocenters. The number of pyridine rings is 1. The second-order valence-electron chi connectivity index (χ2n) is 8.08. The molecule has 1 unspecified atom stereocenters. The quantitative estimate of drug-likeness (QED) is 0.401. The maximum Gasteiger partial charge on any atom is 0.418 e. The number of aromatic nitrogens is 3. The van der Waals surface area contributed by atoms with Gasteiger partial charge in [0, 0.05) is 39.9 Å². The number of rotatable bonds is 8. The van der Waals surface area contributed by atoms with Crippen LogP contribution < -0.4 is 15.4 Å². The van der Waals surface area contributed by atoms with Crippen LogP contribution in [-0.2, 0) is 11.8 Å². The standard InChI is InChI=1S/C23H24F3N5O4/c1-4-16(32)13-10-27-17(29-22(34)11-5-6-11)9-14(13)28-21-18-15(31(2)30-21)8-7-12(19(18)35-3)20(33)23(24,25)26/h7-11,20,33H,4-6H2,1-3H3,(H2,27,28,29,30,34)/i4D2. The number of carbonyl (C=O) groups excluding carboxylic acids is 2. The monoisotopic (exact) mass is 493 g/mol. The smallest absolute Gasteiger partial charge is 0.418 e. The van der Waals surface area contributed by atoms with E-state index in [1.54, 1.807) is 0 Å². The molecular formula is C23H24F3N5O4. The van der Waals surface area contributed by atoms with Crippen molar-refractivity contribution < 1.29 is 35.3 Å². The van der Waals surface area contributed by atoms with E-state index in [9.17, 15) is 27.9 Å². The lowest BCUT2D eigenvalue weighted by Crippen LogP contribution is -2.20. The first-order chi connectivity index (χ1) is 17.2. The Kier molecular flexibility index (Phi) is 5.72. The van der Waals surface area contributed by atoms with Gasteiger partial charge in [-0.2, -0.15) is 18.3 Å². The molecule has 1 amide bonds. The van der Waals surface area contributed by atoms with Gasteiger partial charge in [0.1, 0.15) is 11.6 Å². The number of methoxy groups -OCH3 is 1. The van der Waals surface area contributed by atoms with Crippen LogP contribution in [0.3, 0.4) is 0 Å². The average Bonchev–Trinajstić information content (AvgIpc) is 3.62. The average molecular weight is 493 g/mol. The zero-order valence-corrected chi connectivity index (χ0v) is 19.0. The fourth-order valence-corrected chi connectivity index (χ4v) is 3.68. The number of nitrogens with one attached hydrogen (secondary N) is 2. The maximum absolute atomic E-state index is 13.3. The molecule has 2 aromatic heterocycles. The highest BCUT2D eigenvalue weighted by Gasteiger charge is 2.41. The van der Waals surface area contributed by atoms with Crippen molar-refractivity contribution in [2.24, 2.45) is 13.0 Å². The van der Waals surface area contributed by atoms with E-state index < -0.39 is 30.0 Å². The van der Waals surface area contributed by atoms with Crippen molar-refractivity contribution in [2.45, 2.75) is 38.4 Å². The van der Waals surface area contributed by atoms with Crippen molar-refractivity contribution in [3.63, 3.8) is 0 Å². The summed E-state index contributed by atoms with van der Waals surface area (Å²) in [6.45, 7) is 1.08. The van der Waals surface area contributed by atoms with Crippen LogP contribution in [0.5, 0.6) is 5.75 Å². The third kappa shape index (κ3) is 4.78. The number of fused-ring (bicyclic) bond motifs is 1. The number of ketones is 1. The number of nitrogens with zero attached hydrogens (tertiary/aromatic N) is 3. The summed E-state index contributed by atoms with van der Waals surface area (Å²) in [4.78, 5) is 29.1. The summed E-state index contributed by atoms with van der Waals surface area (Å²) in [5, 5.41) is 19.8. The molecule has 1 aromatic carbocycles. The van der Waals surface area contributed by atoms with E-state index >= 15 is 0 Å². The fourth-order valence-electron chi connectivity index (χ4n) is 3.68. The predicted octanol–water partition coefficient (Wildman–Crippen LogP) is 4.26. The van der Waals surface area contributed by atoms with Gasteiger partial charge in [0.05, 0.1) is 29.3 Å². The van der Waals surface area contributed by atoms with E-state index in [4.69, 9.17) is 7.48 Å². The summed E-state index contributed by atoms with van der Waals surface area (Å²) >= 11 is 0. The Labute approximate surface area is 201 Å². The van der Waals surface area contributed by atoms with Gasteiger partial charge in [0.2, 0.25) is 5.91 Å². The Morgan fingerprint density at radius 1 is 1.37 bits per heavy atom. The van der Waals surface area contributed by atoms with Crippen LogP contribution in [0, 0.1) is 5.92 Å². The van der Waals surface area contributed by atoms with Crippen LogP contribution in [0.4, 0.5) is 30.5 Å². The van der Waals surface area contributed by atoms with Gasteiger partial charge in [-0.25, -0.2) is 4.98 Å². The number of carbonyl (C=O) groups is 2. The summed E-state index contributed by atoms with van der Waals surface area (Å²) in [6, 6.07) is 3.74. The van der Waals surface area contributed by atoms with E-state index in [1.165, 1.54) is 23.9 Å². The first-order valence-corrected chi connectivity index (χ1v) is 10.6. The molecule has 9 nitrogen and oxygen atoms in total. The van der Waals surface area contributed by atoms with Crippen LogP contribution in [0.1, 0.15) is 50.9 Å². The maximum atomic E-state index is 13.3. The summed E-state index contributed by atoms with van der Waals surface area (Å²) in [5.74, 6) is -1.52. The molecule has 0 saturated heterocycles. The highest BCUT2D eigenvalue weighted by atomic mass is 19.4. The first kappa shape index (κ1) is 21.8. The lowest BCUT2D eigenvalue weighted by atomic mass is 10.0. The highest BCUT2D eigenvalue weighted by Crippen LogP contribution is 2.43. The SMILES string of the molecule is [2H]C([2H])(C)C(=O)c1cnc(NC(=O)C2CC2)cc1Nc1nn(C)c2ccc(C(O)C(F)(F)F)c(OC)c12. The van der Waals surface area contributed by atoms with Crippen LogP contribution >= 0.6 is 0 Å². The van der Waals surface area contributed by atoms with Crippen molar-refractivity contribution in [2.75, 3.05) is 17.7 Å². The van der Waals surface area contributed by atoms with E-state index in [0.29, 0.717) is 5.52 Å². The van der Waals surface area contributed by atoms with Crippen LogP contribution in [-0.4, -0.2) is 44.8 Å². The summed E-state index contributed by atoms with van der Waals surface area (Å²) < 4.78 is 62.2. The van der Waals surface area contributed by atoms with Crippen LogP contribution in [0.2, 0.25) is 0 Å². The van der Waals surface area contributed by atoms with E-state index in [0.717, 1.165) is 39.1 Å². The Balaban J connectivity index is 1.85. The first-order valence-electron chi connectivity index (χ1n) is 11.6.